The van der Waals surface area contributed by atoms with Crippen molar-refractivity contribution in [3.8, 4) is 0 Å². The van der Waals surface area contributed by atoms with Crippen molar-refractivity contribution >= 4 is 24.9 Å². The van der Waals surface area contributed by atoms with Crippen LogP contribution >= 0.6 is 0 Å². The number of carbonyl (C=O) groups excluding carboxylic acids is 1. The normalized spacial score (nSPS) is 12.2. The molecule has 0 heterocycles. The zero-order valence-electron chi connectivity index (χ0n) is 5.44. The first-order valence-corrected chi connectivity index (χ1v) is 6.18. The smallest absolute Gasteiger partial charge is 0.222 e. The maximum Gasteiger partial charge on any atom is 0.222 e. The fourth-order valence-corrected chi connectivity index (χ4v) is 2.25. The predicted molar refractivity (Wildman–Crippen MR) is 39.3 cm³/mol. The van der Waals surface area contributed by atoms with E-state index < -0.39 is 9.76 Å². The minimum Gasteiger partial charge on any atom is -0.460 e. The molecule has 0 aromatic heterocycles. The third-order valence-corrected chi connectivity index (χ3v) is 4.13. The standard InChI is InChI=1S/C4H12O2Si2/c1-3-4(5)8-6-7-2/h3,7-8H2,1-2H3. The lowest BCUT2D eigenvalue weighted by Gasteiger charge is -1.93. The molecule has 0 spiro atoms. The number of hydrogen-bond donors (Lipinski definition) is 0. The van der Waals surface area contributed by atoms with Crippen molar-refractivity contribution in [1.82, 2.24) is 0 Å². The Labute approximate surface area is 54.5 Å². The molecule has 0 N–H and O–H groups in total. The zero-order chi connectivity index (χ0) is 6.41. The van der Waals surface area contributed by atoms with E-state index in [9.17, 15) is 4.79 Å². The van der Waals surface area contributed by atoms with Crippen molar-refractivity contribution in [3.63, 3.8) is 0 Å². The second-order valence-corrected chi connectivity index (χ2v) is 4.82. The fourth-order valence-electron chi connectivity index (χ4n) is 0.318. The number of carbonyl (C=O) groups is 1. The van der Waals surface area contributed by atoms with Crippen molar-refractivity contribution in [2.45, 2.75) is 19.9 Å². The number of rotatable bonds is 4. The number of hydrogen-bond acceptors (Lipinski definition) is 2. The van der Waals surface area contributed by atoms with Crippen LogP contribution in [0.3, 0.4) is 0 Å². The highest BCUT2D eigenvalue weighted by Gasteiger charge is 1.95. The van der Waals surface area contributed by atoms with Gasteiger partial charge in [-0.2, -0.15) is 0 Å². The van der Waals surface area contributed by atoms with Gasteiger partial charge in [-0.1, -0.05) is 13.5 Å². The van der Waals surface area contributed by atoms with Crippen molar-refractivity contribution in [2.75, 3.05) is 0 Å². The van der Waals surface area contributed by atoms with Crippen LogP contribution in [-0.2, 0) is 8.91 Å². The van der Waals surface area contributed by atoms with Crippen molar-refractivity contribution < 1.29 is 8.91 Å². The highest BCUT2D eigenvalue weighted by Crippen LogP contribution is 1.77. The van der Waals surface area contributed by atoms with E-state index in [-0.39, 0.29) is 9.76 Å². The topological polar surface area (TPSA) is 26.3 Å². The lowest BCUT2D eigenvalue weighted by atomic mass is 10.6. The molecule has 0 aliphatic heterocycles. The molecular weight excluding hydrogens is 136 g/mol. The quantitative estimate of drug-likeness (QED) is 0.486. The van der Waals surface area contributed by atoms with Crippen molar-refractivity contribution in [2.24, 2.45) is 0 Å². The van der Waals surface area contributed by atoms with Crippen LogP contribution in [0.5, 0.6) is 0 Å². The van der Waals surface area contributed by atoms with Crippen molar-refractivity contribution in [1.29, 1.82) is 0 Å². The molecule has 0 aliphatic carbocycles. The van der Waals surface area contributed by atoms with Gasteiger partial charge in [0.15, 0.2) is 0 Å². The molecule has 0 rings (SSSR count). The van der Waals surface area contributed by atoms with E-state index in [2.05, 4.69) is 6.55 Å². The molecule has 0 atom stereocenters. The summed E-state index contributed by atoms with van der Waals surface area (Å²) < 4.78 is 5.11. The molecule has 0 bridgehead atoms. The Morgan fingerprint density at radius 3 is 2.75 bits per heavy atom. The molecule has 0 amide bonds. The molecule has 8 heavy (non-hydrogen) atoms. The van der Waals surface area contributed by atoms with E-state index in [1.54, 1.807) is 0 Å². The lowest BCUT2D eigenvalue weighted by Crippen LogP contribution is -2.12. The van der Waals surface area contributed by atoms with Gasteiger partial charge in [0.05, 0.1) is 0 Å². The molecular formula is C4H12O2Si2. The van der Waals surface area contributed by atoms with Gasteiger partial charge in [-0.05, 0) is 0 Å². The summed E-state index contributed by atoms with van der Waals surface area (Å²) >= 11 is 0. The zero-order valence-corrected chi connectivity index (χ0v) is 8.27. The van der Waals surface area contributed by atoms with Crippen LogP contribution < -0.4 is 0 Å². The second-order valence-electron chi connectivity index (χ2n) is 1.53. The van der Waals surface area contributed by atoms with Crippen LogP contribution in [0.1, 0.15) is 13.3 Å². The minimum atomic E-state index is -0.742. The van der Waals surface area contributed by atoms with Gasteiger partial charge in [-0.25, -0.2) is 0 Å². The maximum absolute atomic E-state index is 10.5. The van der Waals surface area contributed by atoms with Gasteiger partial charge < -0.3 is 8.91 Å². The molecule has 48 valence electrons. The Morgan fingerprint density at radius 2 is 2.38 bits per heavy atom. The third kappa shape index (κ3) is 4.23. The molecule has 0 aliphatic rings. The average Bonchev–Trinajstić information content (AvgIpc) is 1.83. The summed E-state index contributed by atoms with van der Waals surface area (Å²) in [6, 6.07) is 0. The molecule has 0 aromatic carbocycles. The summed E-state index contributed by atoms with van der Waals surface area (Å²) in [5.74, 6) is 0. The Balaban J connectivity index is 2.99. The molecule has 2 nitrogen and oxygen atoms in total. The summed E-state index contributed by atoms with van der Waals surface area (Å²) in [6.45, 7) is 3.94. The van der Waals surface area contributed by atoms with Crippen LogP contribution in [0.4, 0.5) is 0 Å². The van der Waals surface area contributed by atoms with Crippen LogP contribution in [0.25, 0.3) is 0 Å². The van der Waals surface area contributed by atoms with Crippen LogP contribution in [0, 0.1) is 0 Å². The molecule has 4 heteroatoms. The minimum absolute atomic E-state index is 0.297. The maximum atomic E-state index is 10.5. The SMILES string of the molecule is CCC(=O)[SiH2]O[SiH2]C. The molecule has 0 fully saturated rings. The molecule has 0 aromatic rings. The Bertz CT molecular complexity index is 74.4. The Morgan fingerprint density at radius 1 is 1.75 bits per heavy atom. The summed E-state index contributed by atoms with van der Waals surface area (Å²) in [4.78, 5) is 10.5. The molecule has 0 radical (unpaired) electrons. The Kier molecular flexibility index (Phi) is 5.25. The van der Waals surface area contributed by atoms with E-state index in [1.165, 1.54) is 0 Å². The Hall–Kier alpha value is 0.0638. The molecule has 0 saturated heterocycles. The summed E-state index contributed by atoms with van der Waals surface area (Å²) in [6.07, 6.45) is 0.667. The molecule has 0 unspecified atom stereocenters. The second kappa shape index (κ2) is 5.21. The van der Waals surface area contributed by atoms with Crippen LogP contribution in [-0.4, -0.2) is 24.9 Å². The lowest BCUT2D eigenvalue weighted by molar-refractivity contribution is -0.112. The van der Waals surface area contributed by atoms with Gasteiger partial charge in [0.1, 0.15) is 15.2 Å². The van der Waals surface area contributed by atoms with Gasteiger partial charge in [-0.15, -0.1) is 0 Å². The van der Waals surface area contributed by atoms with E-state index in [1.807, 2.05) is 6.92 Å². The summed E-state index contributed by atoms with van der Waals surface area (Å²) in [7, 11) is -1.04. The first-order valence-electron chi connectivity index (χ1n) is 2.90. The monoisotopic (exact) mass is 148 g/mol. The van der Waals surface area contributed by atoms with E-state index >= 15 is 0 Å². The first-order chi connectivity index (χ1) is 3.81. The van der Waals surface area contributed by atoms with Crippen molar-refractivity contribution in [3.05, 3.63) is 0 Å². The highest BCUT2D eigenvalue weighted by atomic mass is 28.3. The van der Waals surface area contributed by atoms with Gasteiger partial charge >= 0.3 is 0 Å². The van der Waals surface area contributed by atoms with Gasteiger partial charge in [0.25, 0.3) is 0 Å². The molecule has 0 saturated carbocycles. The highest BCUT2D eigenvalue weighted by molar-refractivity contribution is 6.72. The fraction of sp³-hybridized carbons (Fsp3) is 0.750. The summed E-state index contributed by atoms with van der Waals surface area (Å²) in [5.41, 5.74) is 0. The first kappa shape index (κ1) is 8.06. The van der Waals surface area contributed by atoms with E-state index in [0.29, 0.717) is 11.8 Å². The average molecular weight is 148 g/mol. The predicted octanol–water partition coefficient (Wildman–Crippen LogP) is -0.845. The largest absolute Gasteiger partial charge is 0.460 e. The van der Waals surface area contributed by atoms with Crippen LogP contribution in [0.15, 0.2) is 0 Å². The van der Waals surface area contributed by atoms with Gasteiger partial charge in [0, 0.05) is 6.42 Å². The van der Waals surface area contributed by atoms with Gasteiger partial charge in [0.2, 0.25) is 9.76 Å². The summed E-state index contributed by atoms with van der Waals surface area (Å²) in [5, 5.41) is 0.347. The van der Waals surface area contributed by atoms with E-state index in [0.717, 1.165) is 0 Å². The third-order valence-electron chi connectivity index (χ3n) is 0.862. The van der Waals surface area contributed by atoms with Gasteiger partial charge in [-0.3, -0.25) is 0 Å². The van der Waals surface area contributed by atoms with Crippen LogP contribution in [0.2, 0.25) is 6.55 Å². The van der Waals surface area contributed by atoms with E-state index in [4.69, 9.17) is 4.12 Å².